The van der Waals surface area contributed by atoms with Crippen LogP contribution in [0.3, 0.4) is 0 Å². The predicted octanol–water partition coefficient (Wildman–Crippen LogP) is 3.39. The summed E-state index contributed by atoms with van der Waals surface area (Å²) in [7, 11) is 0. The molecule has 0 spiro atoms. The molecule has 128 valence electrons. The Bertz CT molecular complexity index is 665. The third kappa shape index (κ3) is 4.03. The zero-order chi connectivity index (χ0) is 16.8. The largest absolute Gasteiger partial charge is 0.488 e. The van der Waals surface area contributed by atoms with Gasteiger partial charge >= 0.3 is 0 Å². The van der Waals surface area contributed by atoms with E-state index in [0.29, 0.717) is 24.8 Å². The van der Waals surface area contributed by atoms with Gasteiger partial charge in [0, 0.05) is 18.7 Å². The standard InChI is InChI=1S/C19H23FN2O2/c1-2-23-19-18(7-4-9-22-19)24-13-15-12-21-10-8-17(15)14-5-3-6-16(20)11-14/h3-7,9,11,15,17,21H,2,8,10,12-13H2,1H3. The molecule has 2 aromatic rings. The first-order valence-corrected chi connectivity index (χ1v) is 8.44. The van der Waals surface area contributed by atoms with Gasteiger partial charge in [-0.05, 0) is 55.6 Å². The van der Waals surface area contributed by atoms with Gasteiger partial charge in [-0.1, -0.05) is 12.1 Å². The van der Waals surface area contributed by atoms with Crippen molar-refractivity contribution in [3.63, 3.8) is 0 Å². The number of nitrogens with one attached hydrogen (secondary N) is 1. The van der Waals surface area contributed by atoms with Crippen LogP contribution in [0.1, 0.15) is 24.8 Å². The second-order valence-electron chi connectivity index (χ2n) is 5.97. The van der Waals surface area contributed by atoms with Crippen molar-refractivity contribution < 1.29 is 13.9 Å². The van der Waals surface area contributed by atoms with Gasteiger partial charge < -0.3 is 14.8 Å². The number of ether oxygens (including phenoxy) is 2. The highest BCUT2D eigenvalue weighted by Gasteiger charge is 2.27. The Kier molecular flexibility index (Phi) is 5.64. The number of rotatable bonds is 6. The van der Waals surface area contributed by atoms with Crippen LogP contribution in [-0.2, 0) is 0 Å². The van der Waals surface area contributed by atoms with Crippen molar-refractivity contribution in [3.05, 3.63) is 54.0 Å². The van der Waals surface area contributed by atoms with Gasteiger partial charge in [-0.25, -0.2) is 9.37 Å². The smallest absolute Gasteiger partial charge is 0.256 e. The van der Waals surface area contributed by atoms with Crippen LogP contribution >= 0.6 is 0 Å². The topological polar surface area (TPSA) is 43.4 Å². The van der Waals surface area contributed by atoms with Gasteiger partial charge in [0.25, 0.3) is 5.88 Å². The Morgan fingerprint density at radius 1 is 1.25 bits per heavy atom. The fourth-order valence-corrected chi connectivity index (χ4v) is 3.20. The minimum absolute atomic E-state index is 0.184. The van der Waals surface area contributed by atoms with E-state index in [-0.39, 0.29) is 17.7 Å². The maximum Gasteiger partial charge on any atom is 0.256 e. The molecule has 2 atom stereocenters. The summed E-state index contributed by atoms with van der Waals surface area (Å²) in [5, 5.41) is 3.40. The van der Waals surface area contributed by atoms with Crippen molar-refractivity contribution in [1.82, 2.24) is 10.3 Å². The first-order valence-electron chi connectivity index (χ1n) is 8.44. The molecule has 1 saturated heterocycles. The molecule has 0 bridgehead atoms. The highest BCUT2D eigenvalue weighted by molar-refractivity contribution is 5.32. The molecule has 5 heteroatoms. The van der Waals surface area contributed by atoms with Crippen LogP contribution in [0.2, 0.25) is 0 Å². The van der Waals surface area contributed by atoms with Crippen LogP contribution in [0.4, 0.5) is 4.39 Å². The minimum Gasteiger partial charge on any atom is -0.488 e. The molecule has 0 saturated carbocycles. The lowest BCUT2D eigenvalue weighted by Gasteiger charge is -2.32. The molecule has 1 aliphatic heterocycles. The summed E-state index contributed by atoms with van der Waals surface area (Å²) in [5.74, 6) is 1.55. The fraction of sp³-hybridized carbons (Fsp3) is 0.421. The van der Waals surface area contributed by atoms with Crippen molar-refractivity contribution in [2.24, 2.45) is 5.92 Å². The maximum absolute atomic E-state index is 13.6. The normalized spacial score (nSPS) is 20.6. The Labute approximate surface area is 142 Å². The van der Waals surface area contributed by atoms with E-state index < -0.39 is 0 Å². The molecular formula is C19H23FN2O2. The van der Waals surface area contributed by atoms with Crippen LogP contribution in [0.25, 0.3) is 0 Å². The van der Waals surface area contributed by atoms with E-state index in [4.69, 9.17) is 9.47 Å². The number of benzene rings is 1. The molecule has 1 fully saturated rings. The first-order chi connectivity index (χ1) is 11.8. The minimum atomic E-state index is -0.184. The number of hydrogen-bond acceptors (Lipinski definition) is 4. The number of halogens is 1. The molecule has 0 radical (unpaired) electrons. The van der Waals surface area contributed by atoms with Crippen molar-refractivity contribution in [3.8, 4) is 11.6 Å². The number of aromatic nitrogens is 1. The van der Waals surface area contributed by atoms with Crippen molar-refractivity contribution in [2.45, 2.75) is 19.3 Å². The SMILES string of the molecule is CCOc1ncccc1OCC1CNCCC1c1cccc(F)c1. The molecule has 2 heterocycles. The van der Waals surface area contributed by atoms with E-state index in [0.717, 1.165) is 25.1 Å². The van der Waals surface area contributed by atoms with Crippen molar-refractivity contribution >= 4 is 0 Å². The van der Waals surface area contributed by atoms with Crippen LogP contribution in [0, 0.1) is 11.7 Å². The molecule has 3 rings (SSSR count). The van der Waals surface area contributed by atoms with E-state index in [1.165, 1.54) is 6.07 Å². The van der Waals surface area contributed by atoms with Gasteiger partial charge in [-0.2, -0.15) is 0 Å². The van der Waals surface area contributed by atoms with Crippen LogP contribution in [-0.4, -0.2) is 31.3 Å². The monoisotopic (exact) mass is 330 g/mol. The Hall–Kier alpha value is -2.14. The summed E-state index contributed by atoms with van der Waals surface area (Å²) in [6.45, 7) is 4.80. The van der Waals surface area contributed by atoms with E-state index in [2.05, 4.69) is 10.3 Å². The van der Waals surface area contributed by atoms with E-state index in [1.54, 1.807) is 18.3 Å². The van der Waals surface area contributed by atoms with Crippen LogP contribution in [0.5, 0.6) is 11.6 Å². The molecule has 2 unspecified atom stereocenters. The van der Waals surface area contributed by atoms with Gasteiger partial charge in [0.15, 0.2) is 5.75 Å². The summed E-state index contributed by atoms with van der Waals surface area (Å²) in [5.41, 5.74) is 1.04. The molecule has 1 aromatic carbocycles. The molecule has 0 aliphatic carbocycles. The lowest BCUT2D eigenvalue weighted by atomic mass is 9.81. The summed E-state index contributed by atoms with van der Waals surface area (Å²) >= 11 is 0. The maximum atomic E-state index is 13.6. The highest BCUT2D eigenvalue weighted by atomic mass is 19.1. The number of hydrogen-bond donors (Lipinski definition) is 1. The van der Waals surface area contributed by atoms with Gasteiger partial charge in [-0.15, -0.1) is 0 Å². The Morgan fingerprint density at radius 3 is 3.00 bits per heavy atom. The summed E-state index contributed by atoms with van der Waals surface area (Å²) in [6, 6.07) is 10.6. The molecule has 24 heavy (non-hydrogen) atoms. The van der Waals surface area contributed by atoms with Crippen molar-refractivity contribution in [2.75, 3.05) is 26.3 Å². The second kappa shape index (κ2) is 8.11. The van der Waals surface area contributed by atoms with Crippen LogP contribution in [0.15, 0.2) is 42.6 Å². The zero-order valence-corrected chi connectivity index (χ0v) is 13.9. The summed E-state index contributed by atoms with van der Waals surface area (Å²) in [6.07, 6.45) is 2.67. The van der Waals surface area contributed by atoms with Gasteiger partial charge in [0.2, 0.25) is 0 Å². The number of nitrogens with zero attached hydrogens (tertiary/aromatic N) is 1. The van der Waals surface area contributed by atoms with E-state index in [1.807, 2.05) is 25.1 Å². The first kappa shape index (κ1) is 16.7. The molecule has 1 aliphatic rings. The van der Waals surface area contributed by atoms with Crippen LogP contribution < -0.4 is 14.8 Å². The van der Waals surface area contributed by atoms with E-state index >= 15 is 0 Å². The van der Waals surface area contributed by atoms with Crippen molar-refractivity contribution in [1.29, 1.82) is 0 Å². The summed E-state index contributed by atoms with van der Waals surface area (Å²) < 4.78 is 25.1. The third-order valence-electron chi connectivity index (χ3n) is 4.35. The molecule has 1 N–H and O–H groups in total. The fourth-order valence-electron chi connectivity index (χ4n) is 3.20. The Morgan fingerprint density at radius 2 is 2.17 bits per heavy atom. The van der Waals surface area contributed by atoms with Gasteiger partial charge in [0.1, 0.15) is 5.82 Å². The average molecular weight is 330 g/mol. The number of piperidine rings is 1. The van der Waals surface area contributed by atoms with Gasteiger partial charge in [-0.3, -0.25) is 0 Å². The second-order valence-corrected chi connectivity index (χ2v) is 5.97. The highest BCUT2D eigenvalue weighted by Crippen LogP contribution is 2.32. The van der Waals surface area contributed by atoms with Gasteiger partial charge in [0.05, 0.1) is 13.2 Å². The molecule has 1 aromatic heterocycles. The number of pyridine rings is 1. The lowest BCUT2D eigenvalue weighted by molar-refractivity contribution is 0.187. The quantitative estimate of drug-likeness (QED) is 0.882. The molecule has 4 nitrogen and oxygen atoms in total. The molecular weight excluding hydrogens is 307 g/mol. The Balaban J connectivity index is 1.71. The molecule has 0 amide bonds. The lowest BCUT2D eigenvalue weighted by Crippen LogP contribution is -2.38. The zero-order valence-electron chi connectivity index (χ0n) is 13.9. The predicted molar refractivity (Wildman–Crippen MR) is 91.0 cm³/mol. The average Bonchev–Trinajstić information content (AvgIpc) is 2.61. The van der Waals surface area contributed by atoms with E-state index in [9.17, 15) is 4.39 Å². The third-order valence-corrected chi connectivity index (χ3v) is 4.35. The summed E-state index contributed by atoms with van der Waals surface area (Å²) in [4.78, 5) is 4.21.